The number of nitrogens with zero attached hydrogens (tertiary/aromatic N) is 2. The quantitative estimate of drug-likeness (QED) is 0.529. The van der Waals surface area contributed by atoms with Crippen molar-refractivity contribution < 1.29 is 0 Å². The van der Waals surface area contributed by atoms with Crippen LogP contribution in [0.5, 0.6) is 0 Å². The molecule has 0 spiro atoms. The van der Waals surface area contributed by atoms with Crippen LogP contribution in [0.1, 0.15) is 30.4 Å². The molecule has 0 aromatic heterocycles. The van der Waals surface area contributed by atoms with Gasteiger partial charge in [-0.15, -0.1) is 0 Å². The Morgan fingerprint density at radius 1 is 0.808 bits per heavy atom. The molecular formula is C20H19Cl3N2S. The number of hydrogen-bond donors (Lipinski definition) is 0. The molecule has 2 aliphatic rings. The first-order valence-corrected chi connectivity index (χ1v) is 10.9. The normalized spacial score (nSPS) is 18.7. The van der Waals surface area contributed by atoms with Crippen LogP contribution in [0.15, 0.2) is 42.5 Å². The highest BCUT2D eigenvalue weighted by atomic mass is 35.5. The Labute approximate surface area is 173 Å². The molecule has 2 aromatic carbocycles. The van der Waals surface area contributed by atoms with E-state index in [0.717, 1.165) is 29.6 Å². The number of hydrazine groups is 1. The van der Waals surface area contributed by atoms with Crippen LogP contribution in [0.2, 0.25) is 15.1 Å². The molecule has 0 radical (unpaired) electrons. The Hall–Kier alpha value is -0.840. The minimum atomic E-state index is 0.655. The van der Waals surface area contributed by atoms with Gasteiger partial charge in [0.25, 0.3) is 0 Å². The monoisotopic (exact) mass is 424 g/mol. The van der Waals surface area contributed by atoms with E-state index < -0.39 is 0 Å². The molecule has 0 unspecified atom stereocenters. The molecule has 26 heavy (non-hydrogen) atoms. The predicted octanol–water partition coefficient (Wildman–Crippen LogP) is 6.88. The fourth-order valence-electron chi connectivity index (χ4n) is 3.48. The molecule has 0 amide bonds. The van der Waals surface area contributed by atoms with E-state index in [2.05, 4.69) is 22.2 Å². The van der Waals surface area contributed by atoms with Gasteiger partial charge in [0.05, 0.1) is 16.6 Å². The van der Waals surface area contributed by atoms with Gasteiger partial charge < -0.3 is 0 Å². The standard InChI is InChI=1S/C20H19Cl3N2S/c21-15-6-4-14(5-7-15)20-19(17-9-8-16(22)12-18(17)23)25(13-26-20)24-10-2-1-3-11-24/h4-9,12H,1-3,10-11,13H2. The van der Waals surface area contributed by atoms with Gasteiger partial charge in [0.1, 0.15) is 0 Å². The smallest absolute Gasteiger partial charge is 0.0849 e. The summed E-state index contributed by atoms with van der Waals surface area (Å²) >= 11 is 20.7. The topological polar surface area (TPSA) is 6.48 Å². The average molecular weight is 426 g/mol. The van der Waals surface area contributed by atoms with Crippen molar-refractivity contribution in [1.29, 1.82) is 0 Å². The van der Waals surface area contributed by atoms with Crippen molar-refractivity contribution in [2.45, 2.75) is 19.3 Å². The first-order valence-electron chi connectivity index (χ1n) is 8.74. The molecular weight excluding hydrogens is 407 g/mol. The minimum absolute atomic E-state index is 0.655. The zero-order valence-corrected chi connectivity index (χ0v) is 17.3. The van der Waals surface area contributed by atoms with Crippen LogP contribution in [0.25, 0.3) is 10.6 Å². The molecule has 2 heterocycles. The van der Waals surface area contributed by atoms with Gasteiger partial charge >= 0.3 is 0 Å². The van der Waals surface area contributed by atoms with E-state index in [9.17, 15) is 0 Å². The average Bonchev–Trinajstić information content (AvgIpc) is 3.08. The number of rotatable bonds is 3. The largest absolute Gasteiger partial charge is 0.294 e. The van der Waals surface area contributed by atoms with Crippen molar-refractivity contribution in [3.63, 3.8) is 0 Å². The maximum absolute atomic E-state index is 6.60. The number of halogens is 3. The van der Waals surface area contributed by atoms with Crippen LogP contribution in [-0.2, 0) is 0 Å². The molecule has 0 aliphatic carbocycles. The van der Waals surface area contributed by atoms with Crippen LogP contribution in [0.4, 0.5) is 0 Å². The Balaban J connectivity index is 1.82. The highest BCUT2D eigenvalue weighted by Crippen LogP contribution is 2.47. The van der Waals surface area contributed by atoms with Gasteiger partial charge in [-0.25, -0.2) is 5.01 Å². The van der Waals surface area contributed by atoms with E-state index in [1.165, 1.54) is 35.4 Å². The van der Waals surface area contributed by atoms with Crippen molar-refractivity contribution in [3.8, 4) is 0 Å². The van der Waals surface area contributed by atoms with E-state index in [1.54, 1.807) is 0 Å². The summed E-state index contributed by atoms with van der Waals surface area (Å²) in [6.45, 7) is 2.17. The summed E-state index contributed by atoms with van der Waals surface area (Å²) in [5.74, 6) is 0.895. The highest BCUT2D eigenvalue weighted by molar-refractivity contribution is 8.08. The molecule has 0 atom stereocenters. The highest BCUT2D eigenvalue weighted by Gasteiger charge is 2.31. The van der Waals surface area contributed by atoms with Crippen LogP contribution in [-0.4, -0.2) is 29.0 Å². The summed E-state index contributed by atoms with van der Waals surface area (Å²) < 4.78 is 0. The fourth-order valence-corrected chi connectivity index (χ4v) is 5.30. The predicted molar refractivity (Wildman–Crippen MR) is 114 cm³/mol. The molecule has 4 rings (SSSR count). The van der Waals surface area contributed by atoms with E-state index in [4.69, 9.17) is 34.8 Å². The van der Waals surface area contributed by atoms with Crippen LogP contribution in [0.3, 0.4) is 0 Å². The summed E-state index contributed by atoms with van der Waals surface area (Å²) in [7, 11) is 0. The van der Waals surface area contributed by atoms with Crippen molar-refractivity contribution in [1.82, 2.24) is 10.0 Å². The van der Waals surface area contributed by atoms with Gasteiger partial charge in [-0.2, -0.15) is 0 Å². The zero-order chi connectivity index (χ0) is 18.1. The Morgan fingerprint density at radius 3 is 2.19 bits per heavy atom. The maximum atomic E-state index is 6.60. The Kier molecular flexibility index (Phi) is 5.72. The molecule has 0 saturated carbocycles. The molecule has 0 bridgehead atoms. The van der Waals surface area contributed by atoms with E-state index in [1.807, 2.05) is 42.1 Å². The number of benzene rings is 2. The van der Waals surface area contributed by atoms with Gasteiger partial charge in [0.2, 0.25) is 0 Å². The number of piperidine rings is 1. The van der Waals surface area contributed by atoms with Crippen molar-refractivity contribution >= 4 is 57.2 Å². The Morgan fingerprint density at radius 2 is 1.50 bits per heavy atom. The van der Waals surface area contributed by atoms with Crippen molar-refractivity contribution in [2.24, 2.45) is 0 Å². The minimum Gasteiger partial charge on any atom is -0.294 e. The van der Waals surface area contributed by atoms with Gasteiger partial charge in [-0.05, 0) is 48.7 Å². The second-order valence-electron chi connectivity index (χ2n) is 6.50. The summed E-state index contributed by atoms with van der Waals surface area (Å²) in [4.78, 5) is 1.23. The van der Waals surface area contributed by atoms with Gasteiger partial charge in [-0.3, -0.25) is 5.01 Å². The van der Waals surface area contributed by atoms with E-state index >= 15 is 0 Å². The lowest BCUT2D eigenvalue weighted by molar-refractivity contribution is 0.0344. The summed E-state index contributed by atoms with van der Waals surface area (Å²) in [6, 6.07) is 13.8. The zero-order valence-electron chi connectivity index (χ0n) is 14.2. The lowest BCUT2D eigenvalue weighted by Gasteiger charge is -2.37. The van der Waals surface area contributed by atoms with Gasteiger partial charge in [0.15, 0.2) is 0 Å². The lowest BCUT2D eigenvalue weighted by Crippen LogP contribution is -2.42. The van der Waals surface area contributed by atoms with Crippen LogP contribution >= 0.6 is 46.6 Å². The summed E-state index contributed by atoms with van der Waals surface area (Å²) in [5.41, 5.74) is 3.36. The SMILES string of the molecule is Clc1ccc(C2=C(c3ccc(Cl)cc3Cl)N(N3CCCCC3)CS2)cc1. The molecule has 2 aliphatic heterocycles. The summed E-state index contributed by atoms with van der Waals surface area (Å²) in [6.07, 6.45) is 3.78. The Bertz CT molecular complexity index is 829. The van der Waals surface area contributed by atoms with Gasteiger partial charge in [0, 0.05) is 33.6 Å². The third kappa shape index (κ3) is 3.74. The molecule has 136 valence electrons. The second-order valence-corrected chi connectivity index (χ2v) is 8.73. The lowest BCUT2D eigenvalue weighted by atomic mass is 10.1. The van der Waals surface area contributed by atoms with Crippen molar-refractivity contribution in [3.05, 3.63) is 68.7 Å². The molecule has 1 saturated heterocycles. The number of hydrogen-bond acceptors (Lipinski definition) is 3. The second kappa shape index (κ2) is 8.04. The number of thioether (sulfide) groups is 1. The van der Waals surface area contributed by atoms with Crippen molar-refractivity contribution in [2.75, 3.05) is 19.0 Å². The van der Waals surface area contributed by atoms with Crippen LogP contribution < -0.4 is 0 Å². The van der Waals surface area contributed by atoms with Gasteiger partial charge in [-0.1, -0.05) is 65.1 Å². The molecule has 2 aromatic rings. The maximum Gasteiger partial charge on any atom is 0.0849 e. The van der Waals surface area contributed by atoms with E-state index in [0.29, 0.717) is 10.0 Å². The molecule has 2 nitrogen and oxygen atoms in total. The first kappa shape index (κ1) is 18.5. The third-order valence-electron chi connectivity index (χ3n) is 4.77. The summed E-state index contributed by atoms with van der Waals surface area (Å²) in [5, 5.41) is 6.94. The van der Waals surface area contributed by atoms with E-state index in [-0.39, 0.29) is 0 Å². The first-order chi connectivity index (χ1) is 12.6. The molecule has 6 heteroatoms. The third-order valence-corrected chi connectivity index (χ3v) is 6.66. The molecule has 1 fully saturated rings. The fraction of sp³-hybridized carbons (Fsp3) is 0.300. The molecule has 0 N–H and O–H groups in total. The van der Waals surface area contributed by atoms with Crippen LogP contribution in [0, 0.1) is 0 Å².